The van der Waals surface area contributed by atoms with Gasteiger partial charge in [-0.25, -0.2) is 4.79 Å². The van der Waals surface area contributed by atoms with Crippen molar-refractivity contribution in [2.24, 2.45) is 5.92 Å². The summed E-state index contributed by atoms with van der Waals surface area (Å²) in [6.45, 7) is 6.32. The lowest BCUT2D eigenvalue weighted by molar-refractivity contribution is -0.137. The summed E-state index contributed by atoms with van der Waals surface area (Å²) in [6, 6.07) is 0. The molecule has 0 radical (unpaired) electrons. The Morgan fingerprint density at radius 3 is 2.85 bits per heavy atom. The minimum atomic E-state index is -0.307. The highest BCUT2D eigenvalue weighted by molar-refractivity contribution is 5.82. The van der Waals surface area contributed by atoms with Crippen molar-refractivity contribution in [1.82, 2.24) is 0 Å². The Labute approximate surface area is 78.7 Å². The maximum absolute atomic E-state index is 11.0. The molecule has 0 saturated carbocycles. The van der Waals surface area contributed by atoms with E-state index < -0.39 is 0 Å². The van der Waals surface area contributed by atoms with Crippen LogP contribution in [0.25, 0.3) is 0 Å². The molecule has 0 N–H and O–H groups in total. The zero-order valence-corrected chi connectivity index (χ0v) is 8.37. The fourth-order valence-electron chi connectivity index (χ4n) is 1.29. The van der Waals surface area contributed by atoms with Gasteiger partial charge in [0.2, 0.25) is 0 Å². The Kier molecular flexibility index (Phi) is 3.34. The van der Waals surface area contributed by atoms with Crippen molar-refractivity contribution in [3.63, 3.8) is 0 Å². The normalized spacial score (nSPS) is 30.2. The van der Waals surface area contributed by atoms with Gasteiger partial charge in [-0.2, -0.15) is 0 Å². The van der Waals surface area contributed by atoms with Crippen LogP contribution in [0.15, 0.2) is 11.8 Å². The Balaban J connectivity index is 2.49. The van der Waals surface area contributed by atoms with Crippen LogP contribution in [0.2, 0.25) is 0 Å². The molecule has 1 aliphatic rings. The third-order valence-electron chi connectivity index (χ3n) is 2.23. The van der Waals surface area contributed by atoms with Crippen LogP contribution in [-0.2, 0) is 14.3 Å². The standard InChI is InChI=1S/C10H16O3/c1-4-12-10(11)6-9-5-7(2)8(3)13-9/h6-8H,4-5H2,1-3H3/b9-6+/t7-,8-/m0/s1. The van der Waals surface area contributed by atoms with Crippen LogP contribution >= 0.6 is 0 Å². The van der Waals surface area contributed by atoms with E-state index in [0.717, 1.165) is 12.2 Å². The molecular weight excluding hydrogens is 168 g/mol. The summed E-state index contributed by atoms with van der Waals surface area (Å²) in [4.78, 5) is 11.0. The lowest BCUT2D eigenvalue weighted by Gasteiger charge is -2.06. The van der Waals surface area contributed by atoms with Crippen LogP contribution in [0.5, 0.6) is 0 Å². The fourth-order valence-corrected chi connectivity index (χ4v) is 1.29. The van der Waals surface area contributed by atoms with Gasteiger partial charge in [0.25, 0.3) is 0 Å². The SMILES string of the molecule is CCOC(=O)/C=C1\C[C@H](C)[C@H](C)O1. The van der Waals surface area contributed by atoms with Crippen LogP contribution in [0.3, 0.4) is 0 Å². The van der Waals surface area contributed by atoms with Gasteiger partial charge in [-0.3, -0.25) is 0 Å². The Bertz CT molecular complexity index is 208. The lowest BCUT2D eigenvalue weighted by atomic mass is 10.1. The molecule has 3 heteroatoms. The van der Waals surface area contributed by atoms with Gasteiger partial charge in [0.15, 0.2) is 0 Å². The lowest BCUT2D eigenvalue weighted by Crippen LogP contribution is -2.06. The average Bonchev–Trinajstić information content (AvgIpc) is 2.31. The highest BCUT2D eigenvalue weighted by Gasteiger charge is 2.25. The third-order valence-corrected chi connectivity index (χ3v) is 2.23. The summed E-state index contributed by atoms with van der Waals surface area (Å²) in [5.41, 5.74) is 0. The monoisotopic (exact) mass is 184 g/mol. The van der Waals surface area contributed by atoms with Gasteiger partial charge in [-0.1, -0.05) is 6.92 Å². The number of hydrogen-bond acceptors (Lipinski definition) is 3. The molecule has 0 aromatic heterocycles. The number of carbonyl (C=O) groups excluding carboxylic acids is 1. The summed E-state index contributed by atoms with van der Waals surface area (Å²) in [6.07, 6.45) is 2.49. The minimum absolute atomic E-state index is 0.209. The topological polar surface area (TPSA) is 35.5 Å². The third kappa shape index (κ3) is 2.76. The van der Waals surface area contributed by atoms with Crippen molar-refractivity contribution in [3.05, 3.63) is 11.8 Å². The molecule has 0 spiro atoms. The van der Waals surface area contributed by atoms with Gasteiger partial charge in [0.05, 0.1) is 18.8 Å². The van der Waals surface area contributed by atoms with Crippen LogP contribution in [-0.4, -0.2) is 18.7 Å². The smallest absolute Gasteiger partial charge is 0.334 e. The minimum Gasteiger partial charge on any atom is -0.494 e. The van der Waals surface area contributed by atoms with Crippen LogP contribution in [0.1, 0.15) is 27.2 Å². The van der Waals surface area contributed by atoms with E-state index in [0.29, 0.717) is 12.5 Å². The van der Waals surface area contributed by atoms with E-state index in [1.54, 1.807) is 6.92 Å². The van der Waals surface area contributed by atoms with Crippen molar-refractivity contribution in [3.8, 4) is 0 Å². The first-order valence-electron chi connectivity index (χ1n) is 4.67. The van der Waals surface area contributed by atoms with Crippen molar-refractivity contribution in [2.45, 2.75) is 33.3 Å². The molecule has 1 saturated heterocycles. The number of esters is 1. The summed E-state index contributed by atoms with van der Waals surface area (Å²) < 4.78 is 10.2. The van der Waals surface area contributed by atoms with Crippen molar-refractivity contribution < 1.29 is 14.3 Å². The molecule has 13 heavy (non-hydrogen) atoms. The zero-order valence-electron chi connectivity index (χ0n) is 8.37. The molecule has 1 rings (SSSR count). The molecule has 1 aliphatic heterocycles. The number of carbonyl (C=O) groups is 1. The summed E-state index contributed by atoms with van der Waals surface area (Å²) in [5, 5.41) is 0. The second kappa shape index (κ2) is 4.30. The molecule has 3 nitrogen and oxygen atoms in total. The van der Waals surface area contributed by atoms with E-state index in [4.69, 9.17) is 9.47 Å². The molecule has 0 unspecified atom stereocenters. The van der Waals surface area contributed by atoms with E-state index >= 15 is 0 Å². The predicted octanol–water partition coefficient (Wildman–Crippen LogP) is 1.88. The van der Waals surface area contributed by atoms with Crippen molar-refractivity contribution in [1.29, 1.82) is 0 Å². The van der Waals surface area contributed by atoms with E-state index in [9.17, 15) is 4.79 Å². The maximum Gasteiger partial charge on any atom is 0.334 e. The molecule has 0 amide bonds. The molecule has 0 bridgehead atoms. The Hall–Kier alpha value is -0.990. The van der Waals surface area contributed by atoms with E-state index in [1.807, 2.05) is 6.92 Å². The molecular formula is C10H16O3. The highest BCUT2D eigenvalue weighted by atomic mass is 16.5. The maximum atomic E-state index is 11.0. The van der Waals surface area contributed by atoms with Gasteiger partial charge in [0, 0.05) is 6.42 Å². The molecule has 1 fully saturated rings. The summed E-state index contributed by atoms with van der Waals surface area (Å²) >= 11 is 0. The number of ether oxygens (including phenoxy) is 2. The second-order valence-corrected chi connectivity index (χ2v) is 3.37. The van der Waals surface area contributed by atoms with Crippen LogP contribution < -0.4 is 0 Å². The zero-order chi connectivity index (χ0) is 9.84. The van der Waals surface area contributed by atoms with Gasteiger partial charge in [-0.15, -0.1) is 0 Å². The van der Waals surface area contributed by atoms with E-state index in [1.165, 1.54) is 6.08 Å². The summed E-state index contributed by atoms with van der Waals surface area (Å²) in [5.74, 6) is 0.929. The van der Waals surface area contributed by atoms with E-state index in [2.05, 4.69) is 6.92 Å². The van der Waals surface area contributed by atoms with Gasteiger partial charge in [0.1, 0.15) is 5.76 Å². The number of hydrogen-bond donors (Lipinski definition) is 0. The number of rotatable bonds is 2. The number of allylic oxidation sites excluding steroid dienone is 1. The molecule has 0 aromatic carbocycles. The second-order valence-electron chi connectivity index (χ2n) is 3.37. The molecule has 0 aromatic rings. The average molecular weight is 184 g/mol. The largest absolute Gasteiger partial charge is 0.494 e. The molecule has 0 aliphatic carbocycles. The van der Waals surface area contributed by atoms with Crippen LogP contribution in [0, 0.1) is 5.92 Å². The van der Waals surface area contributed by atoms with Gasteiger partial charge >= 0.3 is 5.97 Å². The Morgan fingerprint density at radius 2 is 2.38 bits per heavy atom. The van der Waals surface area contributed by atoms with Crippen molar-refractivity contribution in [2.75, 3.05) is 6.61 Å². The van der Waals surface area contributed by atoms with Crippen LogP contribution in [0.4, 0.5) is 0 Å². The highest BCUT2D eigenvalue weighted by Crippen LogP contribution is 2.28. The molecule has 74 valence electrons. The van der Waals surface area contributed by atoms with Gasteiger partial charge < -0.3 is 9.47 Å². The fraction of sp³-hybridized carbons (Fsp3) is 0.700. The first-order chi connectivity index (χ1) is 6.13. The van der Waals surface area contributed by atoms with Gasteiger partial charge in [-0.05, 0) is 19.8 Å². The molecule has 1 heterocycles. The quantitative estimate of drug-likeness (QED) is 0.485. The van der Waals surface area contributed by atoms with E-state index in [-0.39, 0.29) is 12.1 Å². The summed E-state index contributed by atoms with van der Waals surface area (Å²) in [7, 11) is 0. The first kappa shape index (κ1) is 10.1. The predicted molar refractivity (Wildman–Crippen MR) is 49.0 cm³/mol. The molecule has 2 atom stereocenters. The Morgan fingerprint density at radius 1 is 1.69 bits per heavy atom. The first-order valence-corrected chi connectivity index (χ1v) is 4.67. The van der Waals surface area contributed by atoms with Crippen molar-refractivity contribution >= 4 is 5.97 Å².